The lowest BCUT2D eigenvalue weighted by Gasteiger charge is -1.95. The molecular formula is C11H11BrN2S. The summed E-state index contributed by atoms with van der Waals surface area (Å²) >= 11 is 5.13. The number of hydrogen-bond acceptors (Lipinski definition) is 3. The average molecular weight is 283 g/mol. The molecule has 78 valence electrons. The first-order valence-electron chi connectivity index (χ1n) is 4.70. The van der Waals surface area contributed by atoms with Crippen LogP contribution in [0.1, 0.15) is 5.01 Å². The minimum absolute atomic E-state index is 0.660. The third-order valence-corrected chi connectivity index (χ3v) is 3.68. The van der Waals surface area contributed by atoms with E-state index in [1.807, 2.05) is 18.3 Å². The molecule has 2 N–H and O–H groups in total. The van der Waals surface area contributed by atoms with Gasteiger partial charge in [0, 0.05) is 17.1 Å². The topological polar surface area (TPSA) is 38.9 Å². The Balaban J connectivity index is 2.25. The smallest absolute Gasteiger partial charge is 0.0943 e. The normalized spacial score (nSPS) is 10.5. The van der Waals surface area contributed by atoms with Gasteiger partial charge >= 0.3 is 0 Å². The van der Waals surface area contributed by atoms with Crippen LogP contribution in [0.15, 0.2) is 34.9 Å². The van der Waals surface area contributed by atoms with Crippen molar-refractivity contribution in [2.45, 2.75) is 6.42 Å². The molecule has 0 amide bonds. The molecule has 15 heavy (non-hydrogen) atoms. The van der Waals surface area contributed by atoms with Crippen LogP contribution in [0.4, 0.5) is 0 Å². The number of aromatic nitrogens is 1. The van der Waals surface area contributed by atoms with Crippen molar-refractivity contribution in [3.05, 3.63) is 39.9 Å². The molecule has 0 saturated carbocycles. The first-order chi connectivity index (χ1) is 7.29. The van der Waals surface area contributed by atoms with E-state index in [0.717, 1.165) is 15.9 Å². The van der Waals surface area contributed by atoms with Gasteiger partial charge in [0.05, 0.1) is 9.88 Å². The van der Waals surface area contributed by atoms with Gasteiger partial charge in [0.15, 0.2) is 0 Å². The van der Waals surface area contributed by atoms with E-state index in [9.17, 15) is 0 Å². The van der Waals surface area contributed by atoms with E-state index >= 15 is 0 Å². The molecule has 2 aromatic rings. The second-order valence-corrected chi connectivity index (χ2v) is 5.19. The van der Waals surface area contributed by atoms with Crippen molar-refractivity contribution < 1.29 is 0 Å². The van der Waals surface area contributed by atoms with E-state index in [-0.39, 0.29) is 0 Å². The third kappa shape index (κ3) is 2.65. The summed E-state index contributed by atoms with van der Waals surface area (Å²) in [6.45, 7) is 0.660. The first kappa shape index (κ1) is 10.8. The summed E-state index contributed by atoms with van der Waals surface area (Å²) < 4.78 is 1.10. The average Bonchev–Trinajstić information content (AvgIpc) is 2.68. The van der Waals surface area contributed by atoms with Crippen molar-refractivity contribution in [3.63, 3.8) is 0 Å². The Hall–Kier alpha value is -0.710. The predicted molar refractivity (Wildman–Crippen MR) is 68.0 cm³/mol. The highest BCUT2D eigenvalue weighted by atomic mass is 79.9. The predicted octanol–water partition coefficient (Wildman–Crippen LogP) is 3.07. The Morgan fingerprint density at radius 3 is 2.67 bits per heavy atom. The minimum atomic E-state index is 0.660. The molecular weight excluding hydrogens is 272 g/mol. The monoisotopic (exact) mass is 282 g/mol. The number of nitrogens with two attached hydrogens (primary N) is 1. The molecule has 0 saturated heterocycles. The van der Waals surface area contributed by atoms with E-state index in [1.165, 1.54) is 10.4 Å². The van der Waals surface area contributed by atoms with Gasteiger partial charge in [0.2, 0.25) is 0 Å². The fourth-order valence-electron chi connectivity index (χ4n) is 1.30. The Morgan fingerprint density at radius 2 is 2.00 bits per heavy atom. The van der Waals surface area contributed by atoms with E-state index < -0.39 is 0 Å². The van der Waals surface area contributed by atoms with Gasteiger partial charge in [0.25, 0.3) is 0 Å². The zero-order valence-electron chi connectivity index (χ0n) is 8.11. The molecule has 0 aliphatic rings. The summed E-state index contributed by atoms with van der Waals surface area (Å²) in [4.78, 5) is 5.53. The van der Waals surface area contributed by atoms with Gasteiger partial charge in [0.1, 0.15) is 0 Å². The summed E-state index contributed by atoms with van der Waals surface area (Å²) in [6, 6.07) is 8.25. The van der Waals surface area contributed by atoms with Crippen LogP contribution >= 0.6 is 27.3 Å². The highest BCUT2D eigenvalue weighted by molar-refractivity contribution is 9.10. The molecule has 1 heterocycles. The van der Waals surface area contributed by atoms with Crippen molar-refractivity contribution in [2.75, 3.05) is 6.54 Å². The molecule has 2 rings (SSSR count). The minimum Gasteiger partial charge on any atom is -0.330 e. The number of rotatable bonds is 3. The van der Waals surface area contributed by atoms with Gasteiger partial charge in [-0.1, -0.05) is 28.1 Å². The molecule has 0 aliphatic heterocycles. The number of nitrogens with zero attached hydrogens (tertiary/aromatic N) is 1. The zero-order chi connectivity index (χ0) is 10.7. The number of hydrogen-bond donors (Lipinski definition) is 1. The number of halogens is 1. The number of thiazole rings is 1. The maximum atomic E-state index is 5.49. The van der Waals surface area contributed by atoms with Crippen molar-refractivity contribution in [1.29, 1.82) is 0 Å². The van der Waals surface area contributed by atoms with Gasteiger partial charge in [-0.3, -0.25) is 0 Å². The van der Waals surface area contributed by atoms with Crippen LogP contribution in [0.25, 0.3) is 10.4 Å². The molecule has 0 fully saturated rings. The highest BCUT2D eigenvalue weighted by Crippen LogP contribution is 2.27. The third-order valence-electron chi connectivity index (χ3n) is 2.04. The summed E-state index contributed by atoms with van der Waals surface area (Å²) in [5.41, 5.74) is 6.70. The van der Waals surface area contributed by atoms with Gasteiger partial charge < -0.3 is 5.73 Å². The molecule has 1 aromatic heterocycles. The van der Waals surface area contributed by atoms with Crippen LogP contribution in [0, 0.1) is 0 Å². The van der Waals surface area contributed by atoms with Gasteiger partial charge in [-0.15, -0.1) is 11.3 Å². The van der Waals surface area contributed by atoms with E-state index in [0.29, 0.717) is 6.54 Å². The molecule has 0 atom stereocenters. The highest BCUT2D eigenvalue weighted by Gasteiger charge is 2.03. The van der Waals surface area contributed by atoms with Crippen LogP contribution in [-0.4, -0.2) is 11.5 Å². The SMILES string of the molecule is NCCc1ncc(-c2ccc(Br)cc2)s1. The maximum absolute atomic E-state index is 5.49. The Bertz CT molecular complexity index is 436. The van der Waals surface area contributed by atoms with E-state index in [1.54, 1.807) is 11.3 Å². The largest absolute Gasteiger partial charge is 0.330 e. The Labute approximate surface area is 101 Å². The lowest BCUT2D eigenvalue weighted by atomic mass is 10.2. The van der Waals surface area contributed by atoms with Crippen molar-refractivity contribution in [3.8, 4) is 10.4 Å². The summed E-state index contributed by atoms with van der Waals surface area (Å²) in [5.74, 6) is 0. The van der Waals surface area contributed by atoms with Gasteiger partial charge in [-0.05, 0) is 24.2 Å². The van der Waals surface area contributed by atoms with Crippen molar-refractivity contribution >= 4 is 27.3 Å². The molecule has 0 unspecified atom stereocenters. The quantitative estimate of drug-likeness (QED) is 0.940. The lowest BCUT2D eigenvalue weighted by Crippen LogP contribution is -2.01. The molecule has 0 spiro atoms. The van der Waals surface area contributed by atoms with Crippen molar-refractivity contribution in [1.82, 2.24) is 4.98 Å². The molecule has 2 nitrogen and oxygen atoms in total. The molecule has 0 bridgehead atoms. The van der Waals surface area contributed by atoms with Crippen LogP contribution in [0.2, 0.25) is 0 Å². The van der Waals surface area contributed by atoms with E-state index in [2.05, 4.69) is 33.0 Å². The molecule has 4 heteroatoms. The lowest BCUT2D eigenvalue weighted by molar-refractivity contribution is 0.953. The maximum Gasteiger partial charge on any atom is 0.0943 e. The van der Waals surface area contributed by atoms with E-state index in [4.69, 9.17) is 5.73 Å². The summed E-state index contributed by atoms with van der Waals surface area (Å²) in [5, 5.41) is 1.11. The summed E-state index contributed by atoms with van der Waals surface area (Å²) in [6.07, 6.45) is 2.78. The van der Waals surface area contributed by atoms with Gasteiger partial charge in [-0.25, -0.2) is 4.98 Å². The van der Waals surface area contributed by atoms with Crippen LogP contribution in [0.3, 0.4) is 0 Å². The standard InChI is InChI=1S/C11H11BrN2S/c12-9-3-1-8(2-4-9)10-7-14-11(15-10)5-6-13/h1-4,7H,5-6,13H2. The fraction of sp³-hybridized carbons (Fsp3) is 0.182. The van der Waals surface area contributed by atoms with Crippen LogP contribution in [0.5, 0.6) is 0 Å². The molecule has 1 aromatic carbocycles. The summed E-state index contributed by atoms with van der Waals surface area (Å²) in [7, 11) is 0. The van der Waals surface area contributed by atoms with Crippen molar-refractivity contribution in [2.24, 2.45) is 5.73 Å². The first-order valence-corrected chi connectivity index (χ1v) is 6.31. The van der Waals surface area contributed by atoms with Crippen LogP contribution in [-0.2, 0) is 6.42 Å². The van der Waals surface area contributed by atoms with Crippen LogP contribution < -0.4 is 5.73 Å². The zero-order valence-corrected chi connectivity index (χ0v) is 10.5. The second kappa shape index (κ2) is 4.88. The second-order valence-electron chi connectivity index (χ2n) is 3.16. The molecule has 0 radical (unpaired) electrons. The number of benzene rings is 1. The fourth-order valence-corrected chi connectivity index (χ4v) is 2.50. The molecule has 0 aliphatic carbocycles. The van der Waals surface area contributed by atoms with Gasteiger partial charge in [-0.2, -0.15) is 0 Å². The Kier molecular flexibility index (Phi) is 3.51. The Morgan fingerprint density at radius 1 is 1.27 bits per heavy atom.